The first-order valence-electron chi connectivity index (χ1n) is 7.61. The third kappa shape index (κ3) is 3.43. The van der Waals surface area contributed by atoms with E-state index in [0.717, 1.165) is 33.2 Å². The highest BCUT2D eigenvalue weighted by Crippen LogP contribution is 2.22. The summed E-state index contributed by atoms with van der Waals surface area (Å²) in [4.78, 5) is 29.7. The molecule has 4 heteroatoms. The maximum Gasteiger partial charge on any atom is 0.178 e. The van der Waals surface area contributed by atoms with Gasteiger partial charge in [-0.25, -0.2) is 0 Å². The number of nitrogens with zero attached hydrogens (tertiary/aromatic N) is 2. The quantitative estimate of drug-likeness (QED) is 0.469. The molecular weight excluding hydrogens is 300 g/mol. The Kier molecular flexibility index (Phi) is 4.29. The summed E-state index contributed by atoms with van der Waals surface area (Å²) in [5, 5.41) is 2.30. The predicted molar refractivity (Wildman–Crippen MR) is 94.8 cm³/mol. The Balaban J connectivity index is 0.000000179. The zero-order valence-electron chi connectivity index (χ0n) is 13.5. The Morgan fingerprint density at radius 3 is 1.29 bits per heavy atom. The van der Waals surface area contributed by atoms with Crippen molar-refractivity contribution in [1.82, 2.24) is 9.97 Å². The zero-order chi connectivity index (χ0) is 17.1. The molecule has 0 spiro atoms. The van der Waals surface area contributed by atoms with Crippen LogP contribution in [-0.4, -0.2) is 21.5 Å². The fraction of sp³-hybridized carbons (Fsp3) is 0.100. The van der Waals surface area contributed by atoms with Crippen LogP contribution in [0.4, 0.5) is 0 Å². The van der Waals surface area contributed by atoms with Gasteiger partial charge < -0.3 is 0 Å². The van der Waals surface area contributed by atoms with Gasteiger partial charge in [0.25, 0.3) is 0 Å². The number of hydrogen-bond donors (Lipinski definition) is 0. The SMILES string of the molecule is Cc1ccc2ccc3ccc(C)nc3c2n1.O=C1C=CC(=O)C=C1. The second-order valence-corrected chi connectivity index (χ2v) is 5.59. The van der Waals surface area contributed by atoms with Crippen LogP contribution in [0.3, 0.4) is 0 Å². The molecule has 1 aliphatic carbocycles. The molecule has 2 aromatic heterocycles. The van der Waals surface area contributed by atoms with Gasteiger partial charge in [0.2, 0.25) is 0 Å². The molecule has 0 unspecified atom stereocenters. The van der Waals surface area contributed by atoms with Crippen molar-refractivity contribution in [2.45, 2.75) is 13.8 Å². The van der Waals surface area contributed by atoms with Crippen LogP contribution >= 0.6 is 0 Å². The number of benzene rings is 1. The van der Waals surface area contributed by atoms with E-state index in [1.807, 2.05) is 26.0 Å². The highest BCUT2D eigenvalue weighted by molar-refractivity contribution is 6.14. The Morgan fingerprint density at radius 1 is 0.583 bits per heavy atom. The Hall–Kier alpha value is -3.14. The predicted octanol–water partition coefficient (Wildman–Crippen LogP) is 3.65. The highest BCUT2D eigenvalue weighted by Gasteiger charge is 2.03. The number of carbonyl (C=O) groups is 2. The average molecular weight is 316 g/mol. The third-order valence-corrected chi connectivity index (χ3v) is 3.62. The Morgan fingerprint density at radius 2 is 0.917 bits per heavy atom. The fourth-order valence-electron chi connectivity index (χ4n) is 2.40. The molecule has 0 saturated carbocycles. The Bertz CT molecular complexity index is 918. The van der Waals surface area contributed by atoms with E-state index in [2.05, 4.69) is 34.2 Å². The van der Waals surface area contributed by atoms with Crippen LogP contribution < -0.4 is 0 Å². The third-order valence-electron chi connectivity index (χ3n) is 3.62. The number of fused-ring (bicyclic) bond motifs is 3. The summed E-state index contributed by atoms with van der Waals surface area (Å²) in [5.74, 6) is -0.241. The molecule has 0 radical (unpaired) electrons. The van der Waals surface area contributed by atoms with Crippen LogP contribution in [0.1, 0.15) is 11.4 Å². The molecule has 4 rings (SSSR count). The molecule has 4 nitrogen and oxygen atoms in total. The van der Waals surface area contributed by atoms with E-state index in [0.29, 0.717) is 0 Å². The van der Waals surface area contributed by atoms with Crippen LogP contribution in [0.2, 0.25) is 0 Å². The molecule has 0 aliphatic heterocycles. The maximum atomic E-state index is 10.3. The molecule has 3 aromatic rings. The lowest BCUT2D eigenvalue weighted by atomic mass is 10.1. The maximum absolute atomic E-state index is 10.3. The summed E-state index contributed by atoms with van der Waals surface area (Å²) < 4.78 is 0. The van der Waals surface area contributed by atoms with E-state index in [1.165, 1.54) is 24.3 Å². The zero-order valence-corrected chi connectivity index (χ0v) is 13.5. The largest absolute Gasteiger partial charge is 0.290 e. The summed E-state index contributed by atoms with van der Waals surface area (Å²) >= 11 is 0. The summed E-state index contributed by atoms with van der Waals surface area (Å²) in [6.45, 7) is 4.02. The van der Waals surface area contributed by atoms with Gasteiger partial charge in [0.15, 0.2) is 11.6 Å². The Labute approximate surface area is 139 Å². The molecule has 0 saturated heterocycles. The molecule has 0 atom stereocenters. The molecule has 1 aromatic carbocycles. The standard InChI is InChI=1S/C14H12N2.C6H4O2/c1-9-3-5-11-7-8-12-6-4-10(2)16-14(12)13(11)15-9;7-5-1-2-6(8)4-3-5/h3-8H,1-2H3;1-4H. The minimum atomic E-state index is -0.121. The van der Waals surface area contributed by atoms with Crippen LogP contribution in [0.25, 0.3) is 21.8 Å². The van der Waals surface area contributed by atoms with Crippen molar-refractivity contribution in [3.63, 3.8) is 0 Å². The molecule has 2 heterocycles. The minimum Gasteiger partial charge on any atom is -0.290 e. The molecule has 24 heavy (non-hydrogen) atoms. The van der Waals surface area contributed by atoms with Crippen LogP contribution in [0.5, 0.6) is 0 Å². The molecule has 118 valence electrons. The number of rotatable bonds is 0. The lowest BCUT2D eigenvalue weighted by molar-refractivity contribution is -0.113. The highest BCUT2D eigenvalue weighted by atomic mass is 16.1. The van der Waals surface area contributed by atoms with E-state index in [9.17, 15) is 9.59 Å². The summed E-state index contributed by atoms with van der Waals surface area (Å²) in [6.07, 6.45) is 5.01. The van der Waals surface area contributed by atoms with Crippen molar-refractivity contribution in [1.29, 1.82) is 0 Å². The average Bonchev–Trinajstić information content (AvgIpc) is 2.58. The number of aromatic nitrogens is 2. The molecule has 1 aliphatic rings. The van der Waals surface area contributed by atoms with Crippen LogP contribution in [0, 0.1) is 13.8 Å². The molecule has 0 amide bonds. The number of carbonyl (C=O) groups excluding carboxylic acids is 2. The smallest absolute Gasteiger partial charge is 0.178 e. The number of aryl methyl sites for hydroxylation is 2. The van der Waals surface area contributed by atoms with Gasteiger partial charge in [-0.1, -0.05) is 24.3 Å². The van der Waals surface area contributed by atoms with E-state index in [1.54, 1.807) is 0 Å². The fourth-order valence-corrected chi connectivity index (χ4v) is 2.40. The van der Waals surface area contributed by atoms with Gasteiger partial charge in [-0.3, -0.25) is 19.6 Å². The van der Waals surface area contributed by atoms with Gasteiger partial charge >= 0.3 is 0 Å². The lowest BCUT2D eigenvalue weighted by Gasteiger charge is -2.04. The van der Waals surface area contributed by atoms with Crippen molar-refractivity contribution in [2.24, 2.45) is 0 Å². The van der Waals surface area contributed by atoms with Crippen molar-refractivity contribution < 1.29 is 9.59 Å². The molecule has 0 fully saturated rings. The lowest BCUT2D eigenvalue weighted by Crippen LogP contribution is -1.97. The molecule has 0 N–H and O–H groups in total. The van der Waals surface area contributed by atoms with E-state index >= 15 is 0 Å². The molecular formula is C20H16N2O2. The topological polar surface area (TPSA) is 59.9 Å². The minimum absolute atomic E-state index is 0.121. The molecule has 0 bridgehead atoms. The van der Waals surface area contributed by atoms with Gasteiger partial charge in [-0.15, -0.1) is 0 Å². The van der Waals surface area contributed by atoms with Gasteiger partial charge in [0.1, 0.15) is 0 Å². The second-order valence-electron chi connectivity index (χ2n) is 5.59. The first kappa shape index (κ1) is 15.7. The second kappa shape index (κ2) is 6.54. The van der Waals surface area contributed by atoms with Gasteiger partial charge in [0, 0.05) is 22.2 Å². The number of allylic oxidation sites excluding steroid dienone is 4. The first-order chi connectivity index (χ1) is 11.5. The summed E-state index contributed by atoms with van der Waals surface area (Å²) in [7, 11) is 0. The van der Waals surface area contributed by atoms with Crippen LogP contribution in [-0.2, 0) is 9.59 Å². The van der Waals surface area contributed by atoms with Gasteiger partial charge in [-0.05, 0) is 50.3 Å². The van der Waals surface area contributed by atoms with E-state index in [4.69, 9.17) is 0 Å². The number of pyridine rings is 2. The van der Waals surface area contributed by atoms with Crippen molar-refractivity contribution in [3.8, 4) is 0 Å². The number of hydrogen-bond acceptors (Lipinski definition) is 4. The van der Waals surface area contributed by atoms with E-state index in [-0.39, 0.29) is 11.6 Å². The van der Waals surface area contributed by atoms with Crippen molar-refractivity contribution >= 4 is 33.4 Å². The first-order valence-corrected chi connectivity index (χ1v) is 7.61. The normalized spacial score (nSPS) is 13.2. The number of ketones is 2. The van der Waals surface area contributed by atoms with Crippen molar-refractivity contribution in [2.75, 3.05) is 0 Å². The van der Waals surface area contributed by atoms with Gasteiger partial charge in [-0.2, -0.15) is 0 Å². The summed E-state index contributed by atoms with van der Waals surface area (Å²) in [6, 6.07) is 12.5. The van der Waals surface area contributed by atoms with E-state index < -0.39 is 0 Å². The van der Waals surface area contributed by atoms with Crippen LogP contribution in [0.15, 0.2) is 60.7 Å². The van der Waals surface area contributed by atoms with Crippen molar-refractivity contribution in [3.05, 3.63) is 72.1 Å². The van der Waals surface area contributed by atoms with Gasteiger partial charge in [0.05, 0.1) is 11.0 Å². The summed E-state index contributed by atoms with van der Waals surface area (Å²) in [5.41, 5.74) is 4.06. The monoisotopic (exact) mass is 316 g/mol.